The lowest BCUT2D eigenvalue weighted by Crippen LogP contribution is -2.16. The van der Waals surface area contributed by atoms with Crippen molar-refractivity contribution in [2.45, 2.75) is 37.5 Å². The van der Waals surface area contributed by atoms with Crippen LogP contribution in [0.5, 0.6) is 0 Å². The van der Waals surface area contributed by atoms with Gasteiger partial charge >= 0.3 is 0 Å². The maximum atomic E-state index is 12.7. The zero-order valence-corrected chi connectivity index (χ0v) is 15.9. The summed E-state index contributed by atoms with van der Waals surface area (Å²) in [5.41, 5.74) is 1.33. The van der Waals surface area contributed by atoms with Gasteiger partial charge in [-0.2, -0.15) is 0 Å². The molecule has 0 atom stereocenters. The van der Waals surface area contributed by atoms with Crippen LogP contribution in [-0.4, -0.2) is 26.6 Å². The summed E-state index contributed by atoms with van der Waals surface area (Å²) < 4.78 is 33.3. The molecule has 0 saturated carbocycles. The Morgan fingerprint density at radius 1 is 1.25 bits per heavy atom. The first-order valence-corrected chi connectivity index (χ1v) is 10.4. The fourth-order valence-corrected chi connectivity index (χ4v) is 5.22. The lowest BCUT2D eigenvalue weighted by atomic mass is 10.0. The molecule has 1 aliphatic rings. The van der Waals surface area contributed by atoms with Crippen LogP contribution in [0.4, 0.5) is 5.82 Å². The minimum Gasteiger partial charge on any atom is -0.381 e. The molecule has 0 unspecified atom stereocenters. The number of nitrogens with one attached hydrogen (secondary N) is 1. The molecule has 2 aromatic rings. The second-order valence-electron chi connectivity index (χ2n) is 5.93. The average Bonchev–Trinajstić information content (AvgIpc) is 2.99. The van der Waals surface area contributed by atoms with Gasteiger partial charge in [-0.1, -0.05) is 11.6 Å². The Labute approximate surface area is 151 Å². The zero-order chi connectivity index (χ0) is 17.3. The number of halogens is 1. The highest BCUT2D eigenvalue weighted by Crippen LogP contribution is 2.32. The van der Waals surface area contributed by atoms with Crippen LogP contribution in [-0.2, 0) is 14.8 Å². The van der Waals surface area contributed by atoms with E-state index < -0.39 is 10.0 Å². The molecule has 1 aliphatic heterocycles. The molecule has 0 amide bonds. The molecule has 0 aliphatic carbocycles. The van der Waals surface area contributed by atoms with Crippen molar-refractivity contribution in [2.24, 2.45) is 0 Å². The number of anilines is 1. The van der Waals surface area contributed by atoms with Gasteiger partial charge in [0.05, 0.1) is 9.90 Å². The van der Waals surface area contributed by atoms with Gasteiger partial charge in [0.25, 0.3) is 10.0 Å². The molecule has 1 aromatic heterocycles. The third kappa shape index (κ3) is 3.74. The molecule has 1 fully saturated rings. The summed E-state index contributed by atoms with van der Waals surface area (Å²) in [6.45, 7) is 4.98. The van der Waals surface area contributed by atoms with E-state index in [0.717, 1.165) is 36.6 Å². The number of thiazole rings is 1. The van der Waals surface area contributed by atoms with E-state index in [4.69, 9.17) is 16.3 Å². The SMILES string of the molecule is Cc1cc(S(=O)(=O)Nc2csc(C3CCOCC3)n2)c(C)cc1Cl. The fraction of sp³-hybridized carbons (Fsp3) is 0.438. The van der Waals surface area contributed by atoms with E-state index in [1.54, 1.807) is 31.4 Å². The summed E-state index contributed by atoms with van der Waals surface area (Å²) in [5, 5.41) is 3.27. The summed E-state index contributed by atoms with van der Waals surface area (Å²) in [5.74, 6) is 0.718. The molecular formula is C16H19ClN2O3S2. The molecule has 1 N–H and O–H groups in total. The largest absolute Gasteiger partial charge is 0.381 e. The predicted octanol–water partition coefficient (Wildman–Crippen LogP) is 4.11. The van der Waals surface area contributed by atoms with Crippen LogP contribution in [0.25, 0.3) is 0 Å². The molecule has 1 aromatic carbocycles. The third-order valence-electron chi connectivity index (χ3n) is 4.08. The van der Waals surface area contributed by atoms with Crippen molar-refractivity contribution < 1.29 is 13.2 Å². The van der Waals surface area contributed by atoms with Crippen molar-refractivity contribution in [3.8, 4) is 0 Å². The van der Waals surface area contributed by atoms with Crippen LogP contribution in [0.2, 0.25) is 5.02 Å². The summed E-state index contributed by atoms with van der Waals surface area (Å²) >= 11 is 7.54. The first-order valence-electron chi connectivity index (χ1n) is 7.69. The van der Waals surface area contributed by atoms with E-state index in [9.17, 15) is 8.42 Å². The molecule has 24 heavy (non-hydrogen) atoms. The number of sulfonamides is 1. The van der Waals surface area contributed by atoms with Gasteiger partial charge in [-0.25, -0.2) is 13.4 Å². The summed E-state index contributed by atoms with van der Waals surface area (Å²) in [7, 11) is -3.69. The predicted molar refractivity (Wildman–Crippen MR) is 96.6 cm³/mol. The Bertz CT molecular complexity index is 843. The molecule has 0 spiro atoms. The van der Waals surface area contributed by atoms with Crippen LogP contribution in [0.15, 0.2) is 22.4 Å². The second kappa shape index (κ2) is 7.00. The molecule has 5 nitrogen and oxygen atoms in total. The molecule has 0 bridgehead atoms. The van der Waals surface area contributed by atoms with Crippen LogP contribution in [0.1, 0.15) is 34.9 Å². The summed E-state index contributed by atoms with van der Waals surface area (Å²) in [6.07, 6.45) is 1.85. The van der Waals surface area contributed by atoms with Gasteiger partial charge in [-0.05, 0) is 49.9 Å². The maximum absolute atomic E-state index is 12.7. The number of benzene rings is 1. The van der Waals surface area contributed by atoms with Gasteiger partial charge in [0, 0.05) is 29.5 Å². The zero-order valence-electron chi connectivity index (χ0n) is 13.5. The number of rotatable bonds is 4. The number of ether oxygens (including phenoxy) is 1. The van der Waals surface area contributed by atoms with Gasteiger partial charge in [-0.3, -0.25) is 4.72 Å². The van der Waals surface area contributed by atoms with Crippen LogP contribution in [0.3, 0.4) is 0 Å². The second-order valence-corrected chi connectivity index (χ2v) is 8.88. The number of aryl methyl sites for hydroxylation is 2. The standard InChI is InChI=1S/C16H19ClN2O3S2/c1-10-8-14(11(2)7-13(10)17)24(20,21)19-15-9-23-16(18-15)12-3-5-22-6-4-12/h7-9,12,19H,3-6H2,1-2H3. The van der Waals surface area contributed by atoms with Gasteiger partial charge in [0.15, 0.2) is 5.82 Å². The van der Waals surface area contributed by atoms with Gasteiger partial charge in [-0.15, -0.1) is 11.3 Å². The Morgan fingerprint density at radius 2 is 1.96 bits per heavy atom. The van der Waals surface area contributed by atoms with Crippen molar-refractivity contribution in [1.82, 2.24) is 4.98 Å². The molecule has 3 rings (SSSR count). The molecule has 130 valence electrons. The normalized spacial score (nSPS) is 16.3. The summed E-state index contributed by atoms with van der Waals surface area (Å²) in [6, 6.07) is 3.26. The Morgan fingerprint density at radius 3 is 2.67 bits per heavy atom. The van der Waals surface area contributed by atoms with Crippen molar-refractivity contribution in [3.05, 3.63) is 38.7 Å². The molecular weight excluding hydrogens is 368 g/mol. The van der Waals surface area contributed by atoms with Crippen molar-refractivity contribution in [1.29, 1.82) is 0 Å². The number of hydrogen-bond donors (Lipinski definition) is 1. The topological polar surface area (TPSA) is 68.3 Å². The van der Waals surface area contributed by atoms with E-state index in [2.05, 4.69) is 9.71 Å². The number of hydrogen-bond acceptors (Lipinski definition) is 5. The molecule has 1 saturated heterocycles. The van der Waals surface area contributed by atoms with Crippen molar-refractivity contribution >= 4 is 38.8 Å². The lowest BCUT2D eigenvalue weighted by molar-refractivity contribution is 0.0853. The van der Waals surface area contributed by atoms with Crippen LogP contribution >= 0.6 is 22.9 Å². The Hall–Kier alpha value is -1.15. The lowest BCUT2D eigenvalue weighted by Gasteiger charge is -2.19. The average molecular weight is 387 g/mol. The molecule has 2 heterocycles. The van der Waals surface area contributed by atoms with Crippen molar-refractivity contribution in [2.75, 3.05) is 17.9 Å². The first kappa shape index (κ1) is 17.7. The maximum Gasteiger partial charge on any atom is 0.263 e. The van der Waals surface area contributed by atoms with Crippen molar-refractivity contribution in [3.63, 3.8) is 0 Å². The van der Waals surface area contributed by atoms with E-state index in [-0.39, 0.29) is 4.90 Å². The van der Waals surface area contributed by atoms with E-state index in [0.29, 0.717) is 22.3 Å². The minimum atomic E-state index is -3.69. The summed E-state index contributed by atoms with van der Waals surface area (Å²) in [4.78, 5) is 4.69. The molecule has 0 radical (unpaired) electrons. The van der Waals surface area contributed by atoms with Gasteiger partial charge in [0.2, 0.25) is 0 Å². The van der Waals surface area contributed by atoms with E-state index in [1.807, 2.05) is 0 Å². The smallest absolute Gasteiger partial charge is 0.263 e. The Balaban J connectivity index is 1.82. The quantitative estimate of drug-likeness (QED) is 0.858. The highest BCUT2D eigenvalue weighted by Gasteiger charge is 2.22. The van der Waals surface area contributed by atoms with E-state index in [1.165, 1.54) is 11.3 Å². The number of nitrogens with zero attached hydrogens (tertiary/aromatic N) is 1. The van der Waals surface area contributed by atoms with Gasteiger partial charge in [0.1, 0.15) is 0 Å². The van der Waals surface area contributed by atoms with E-state index >= 15 is 0 Å². The molecule has 8 heteroatoms. The highest BCUT2D eigenvalue weighted by atomic mass is 35.5. The highest BCUT2D eigenvalue weighted by molar-refractivity contribution is 7.92. The minimum absolute atomic E-state index is 0.227. The fourth-order valence-electron chi connectivity index (χ4n) is 2.70. The third-order valence-corrected chi connectivity index (χ3v) is 6.99. The van der Waals surface area contributed by atoms with Gasteiger partial charge < -0.3 is 4.74 Å². The monoisotopic (exact) mass is 386 g/mol. The van der Waals surface area contributed by atoms with Crippen LogP contribution < -0.4 is 4.72 Å². The first-order chi connectivity index (χ1) is 11.4. The Kier molecular flexibility index (Phi) is 5.15. The number of aromatic nitrogens is 1. The van der Waals surface area contributed by atoms with Crippen LogP contribution in [0, 0.1) is 13.8 Å².